The second kappa shape index (κ2) is 12.2. The fourth-order valence-corrected chi connectivity index (χ4v) is 7.31. The van der Waals surface area contributed by atoms with Crippen molar-refractivity contribution in [2.45, 2.75) is 46.8 Å². The molecule has 2 unspecified atom stereocenters. The zero-order valence-corrected chi connectivity index (χ0v) is 24.4. The highest BCUT2D eigenvalue weighted by Gasteiger charge is 2.45. The maximum atomic E-state index is 13.3. The number of sulfonamides is 2. The van der Waals surface area contributed by atoms with Gasteiger partial charge in [-0.05, 0) is 50.6 Å². The average molecular weight is 606 g/mol. The van der Waals surface area contributed by atoms with Crippen molar-refractivity contribution < 1.29 is 31.4 Å². The summed E-state index contributed by atoms with van der Waals surface area (Å²) in [4.78, 5) is 0.246. The maximum Gasteiger partial charge on any atom is 0.246 e. The molecule has 3 aromatic rings. The van der Waals surface area contributed by atoms with Gasteiger partial charge < -0.3 is 19.9 Å². The molecular formula is C27H35N5O7S2. The molecule has 3 N–H and O–H groups in total. The predicted octanol–water partition coefficient (Wildman–Crippen LogP) is 1.12. The van der Waals surface area contributed by atoms with E-state index in [2.05, 4.69) is 15.1 Å². The van der Waals surface area contributed by atoms with Crippen LogP contribution in [0.2, 0.25) is 0 Å². The molecule has 0 radical (unpaired) electrons. The molecule has 2 aliphatic heterocycles. The zero-order chi connectivity index (χ0) is 29.1. The summed E-state index contributed by atoms with van der Waals surface area (Å²) in [6.45, 7) is 1.43. The predicted molar refractivity (Wildman–Crippen MR) is 151 cm³/mol. The van der Waals surface area contributed by atoms with Crippen LogP contribution in [0, 0.1) is 0 Å². The fourth-order valence-electron chi connectivity index (χ4n) is 5.17. The van der Waals surface area contributed by atoms with Crippen LogP contribution in [0.15, 0.2) is 76.8 Å². The van der Waals surface area contributed by atoms with Crippen molar-refractivity contribution in [3.8, 4) is 11.4 Å². The van der Waals surface area contributed by atoms with Crippen molar-refractivity contribution in [1.82, 2.24) is 24.1 Å². The lowest BCUT2D eigenvalue weighted by atomic mass is 9.88. The summed E-state index contributed by atoms with van der Waals surface area (Å²) in [6.07, 6.45) is 3.97. The number of piperidine rings is 1. The van der Waals surface area contributed by atoms with Gasteiger partial charge in [-0.2, -0.15) is 9.40 Å². The lowest BCUT2D eigenvalue weighted by Crippen LogP contribution is -2.47. The van der Waals surface area contributed by atoms with Gasteiger partial charge in [0.2, 0.25) is 20.0 Å². The number of hydrogen-bond acceptors (Lipinski definition) is 9. The monoisotopic (exact) mass is 605 g/mol. The number of para-hydroxylation sites is 1. The second-order valence-electron chi connectivity index (χ2n) is 10.3. The number of aliphatic hydroxyl groups excluding tert-OH is 1. The van der Waals surface area contributed by atoms with Crippen molar-refractivity contribution in [3.05, 3.63) is 67.0 Å². The molecule has 5 rings (SSSR count). The van der Waals surface area contributed by atoms with Gasteiger partial charge in [0.05, 0.1) is 35.2 Å². The van der Waals surface area contributed by atoms with Crippen LogP contribution in [-0.4, -0.2) is 93.7 Å². The van der Waals surface area contributed by atoms with Crippen molar-refractivity contribution in [3.63, 3.8) is 0 Å². The van der Waals surface area contributed by atoms with Crippen LogP contribution in [0.5, 0.6) is 5.75 Å². The van der Waals surface area contributed by atoms with Crippen LogP contribution >= 0.6 is 0 Å². The Balaban J connectivity index is 1.08. The van der Waals surface area contributed by atoms with E-state index in [0.29, 0.717) is 44.7 Å². The average Bonchev–Trinajstić information content (AvgIpc) is 3.64. The quantitative estimate of drug-likeness (QED) is 0.292. The number of ether oxygens (including phenoxy) is 2. The molecule has 14 heteroatoms. The van der Waals surface area contributed by atoms with Gasteiger partial charge in [0, 0.05) is 31.7 Å². The number of rotatable bonds is 11. The summed E-state index contributed by atoms with van der Waals surface area (Å²) >= 11 is 0. The van der Waals surface area contributed by atoms with Gasteiger partial charge in [-0.25, -0.2) is 26.2 Å². The molecule has 3 heterocycles. The van der Waals surface area contributed by atoms with Gasteiger partial charge in [-0.1, -0.05) is 24.3 Å². The Kier molecular flexibility index (Phi) is 8.80. The summed E-state index contributed by atoms with van der Waals surface area (Å²) in [5, 5.41) is 18.0. The zero-order valence-electron chi connectivity index (χ0n) is 22.7. The van der Waals surface area contributed by atoms with Gasteiger partial charge in [-0.15, -0.1) is 0 Å². The van der Waals surface area contributed by atoms with E-state index < -0.39 is 31.8 Å². The van der Waals surface area contributed by atoms with E-state index >= 15 is 0 Å². The number of nitrogens with one attached hydrogen (secondary N) is 2. The van der Waals surface area contributed by atoms with Crippen molar-refractivity contribution in [2.24, 2.45) is 0 Å². The van der Waals surface area contributed by atoms with E-state index in [0.717, 1.165) is 5.69 Å². The Morgan fingerprint density at radius 2 is 1.85 bits per heavy atom. The molecule has 0 aliphatic carbocycles. The molecule has 2 fully saturated rings. The first kappa shape index (κ1) is 29.6. The van der Waals surface area contributed by atoms with Crippen molar-refractivity contribution in [1.29, 1.82) is 0 Å². The standard InChI is InChI=1S/C27H35N5O7S2/c1-28-40(34,35)25-9-5-8-24(14-25)38-20-23(33)16-29-21-15-27(39-19-21)10-12-31(13-11-27)41(36,37)26-17-30-32(18-26)22-6-3-2-4-7-22/h2-9,14,17-18,21,23,28-29,33H,10-13,15-16,19-20H2,1H3. The number of hydrogen-bond donors (Lipinski definition) is 3. The Morgan fingerprint density at radius 1 is 1.10 bits per heavy atom. The third kappa shape index (κ3) is 6.80. The maximum absolute atomic E-state index is 13.3. The summed E-state index contributed by atoms with van der Waals surface area (Å²) in [7, 11) is -5.93. The van der Waals surface area contributed by atoms with Crippen LogP contribution < -0.4 is 14.8 Å². The van der Waals surface area contributed by atoms with E-state index in [1.807, 2.05) is 30.3 Å². The van der Waals surface area contributed by atoms with Gasteiger partial charge in [0.1, 0.15) is 23.4 Å². The lowest BCUT2D eigenvalue weighted by molar-refractivity contribution is -0.0312. The first-order chi connectivity index (χ1) is 19.6. The number of aromatic nitrogens is 2. The molecule has 0 bridgehead atoms. The molecule has 222 valence electrons. The Labute approximate surface area is 240 Å². The summed E-state index contributed by atoms with van der Waals surface area (Å²) in [6, 6.07) is 15.4. The third-order valence-electron chi connectivity index (χ3n) is 7.53. The highest BCUT2D eigenvalue weighted by atomic mass is 32.2. The van der Waals surface area contributed by atoms with E-state index in [9.17, 15) is 21.9 Å². The van der Waals surface area contributed by atoms with Gasteiger partial charge in [0.15, 0.2) is 0 Å². The lowest BCUT2D eigenvalue weighted by Gasteiger charge is -2.37. The Hall–Kier alpha value is -2.85. The molecule has 2 aliphatic rings. The Morgan fingerprint density at radius 3 is 2.59 bits per heavy atom. The minimum Gasteiger partial charge on any atom is -0.491 e. The normalized spacial score (nSPS) is 20.3. The molecule has 2 aromatic carbocycles. The molecule has 0 amide bonds. The third-order valence-corrected chi connectivity index (χ3v) is 10.8. The molecule has 0 saturated carbocycles. The van der Waals surface area contributed by atoms with E-state index in [1.165, 1.54) is 35.9 Å². The van der Waals surface area contributed by atoms with Crippen LogP contribution in [0.1, 0.15) is 19.3 Å². The Bertz CT molecular complexity index is 1540. The molecule has 1 spiro atoms. The smallest absolute Gasteiger partial charge is 0.246 e. The topological polar surface area (TPSA) is 152 Å². The highest BCUT2D eigenvalue weighted by molar-refractivity contribution is 7.89. The summed E-state index contributed by atoms with van der Waals surface area (Å²) in [5.74, 6) is 0.345. The highest BCUT2D eigenvalue weighted by Crippen LogP contribution is 2.37. The van der Waals surface area contributed by atoms with Crippen LogP contribution in [-0.2, 0) is 24.8 Å². The molecule has 2 saturated heterocycles. The van der Waals surface area contributed by atoms with E-state index in [-0.39, 0.29) is 29.0 Å². The molecular weight excluding hydrogens is 570 g/mol. The molecule has 12 nitrogen and oxygen atoms in total. The first-order valence-corrected chi connectivity index (χ1v) is 16.3. The van der Waals surface area contributed by atoms with Gasteiger partial charge in [0.25, 0.3) is 0 Å². The van der Waals surface area contributed by atoms with Crippen LogP contribution in [0.25, 0.3) is 5.69 Å². The summed E-state index contributed by atoms with van der Waals surface area (Å²) in [5.41, 5.74) is 0.383. The van der Waals surface area contributed by atoms with Crippen molar-refractivity contribution in [2.75, 3.05) is 39.9 Å². The second-order valence-corrected chi connectivity index (χ2v) is 14.1. The number of aliphatic hydroxyl groups is 1. The minimum absolute atomic E-state index is 0.0115. The van der Waals surface area contributed by atoms with E-state index in [1.54, 1.807) is 16.8 Å². The number of benzene rings is 2. The van der Waals surface area contributed by atoms with Gasteiger partial charge in [-0.3, -0.25) is 0 Å². The summed E-state index contributed by atoms with van der Waals surface area (Å²) < 4.78 is 67.6. The fraction of sp³-hybridized carbons (Fsp3) is 0.444. The molecule has 2 atom stereocenters. The minimum atomic E-state index is -3.68. The molecule has 1 aromatic heterocycles. The van der Waals surface area contributed by atoms with Gasteiger partial charge >= 0.3 is 0 Å². The first-order valence-electron chi connectivity index (χ1n) is 13.4. The largest absolute Gasteiger partial charge is 0.491 e. The molecule has 41 heavy (non-hydrogen) atoms. The van der Waals surface area contributed by atoms with Crippen LogP contribution in [0.4, 0.5) is 0 Å². The number of nitrogens with zero attached hydrogens (tertiary/aromatic N) is 3. The van der Waals surface area contributed by atoms with Crippen molar-refractivity contribution >= 4 is 20.0 Å². The van der Waals surface area contributed by atoms with E-state index in [4.69, 9.17) is 9.47 Å². The SMILES string of the molecule is CNS(=O)(=O)c1cccc(OCC(O)CNC2COC3(CCN(S(=O)(=O)c4cnn(-c5ccccc5)c4)CC3)C2)c1. The van der Waals surface area contributed by atoms with Crippen LogP contribution in [0.3, 0.4) is 0 Å².